The molecule has 134 valence electrons. The lowest BCUT2D eigenvalue weighted by molar-refractivity contribution is -0.699. The van der Waals surface area contributed by atoms with Gasteiger partial charge in [-0.1, -0.05) is 4.98 Å². The Hall–Kier alpha value is -1.98. The summed E-state index contributed by atoms with van der Waals surface area (Å²) in [5.41, 5.74) is 18.8. The lowest BCUT2D eigenvalue weighted by Gasteiger charge is -2.49. The number of amides is 1. The second-order valence-electron chi connectivity index (χ2n) is 5.81. The molecular formula is C14H18N6O3S2. The Morgan fingerprint density at radius 1 is 1.52 bits per heavy atom. The predicted octanol–water partition coefficient (Wildman–Crippen LogP) is -2.28. The average Bonchev–Trinajstić information content (AvgIpc) is 2.60. The average molecular weight is 382 g/mol. The van der Waals surface area contributed by atoms with Crippen molar-refractivity contribution in [3.8, 4) is 0 Å². The van der Waals surface area contributed by atoms with Gasteiger partial charge in [-0.25, -0.2) is 4.57 Å². The molecule has 2 aliphatic rings. The van der Waals surface area contributed by atoms with Crippen LogP contribution in [0.5, 0.6) is 0 Å². The van der Waals surface area contributed by atoms with Crippen LogP contribution in [0, 0.1) is 6.92 Å². The van der Waals surface area contributed by atoms with Crippen molar-refractivity contribution in [2.24, 2.45) is 12.8 Å². The molecule has 3 rings (SSSR count). The second kappa shape index (κ2) is 6.39. The highest BCUT2D eigenvalue weighted by molar-refractivity contribution is 8.01. The molecule has 6 N–H and O–H groups in total. The summed E-state index contributed by atoms with van der Waals surface area (Å²) in [6.45, 7) is 1.78. The molecule has 0 bridgehead atoms. The number of nitrogens with zero attached hydrogens (tertiary/aromatic N) is 3. The van der Waals surface area contributed by atoms with Crippen LogP contribution in [0.1, 0.15) is 5.56 Å². The fourth-order valence-corrected chi connectivity index (χ4v) is 5.13. The first-order valence-electron chi connectivity index (χ1n) is 7.42. The van der Waals surface area contributed by atoms with Crippen molar-refractivity contribution >= 4 is 47.0 Å². The third-order valence-corrected chi connectivity index (χ3v) is 6.77. The molecule has 0 saturated carbocycles. The van der Waals surface area contributed by atoms with Crippen molar-refractivity contribution in [3.63, 3.8) is 0 Å². The molecule has 1 amide bonds. The summed E-state index contributed by atoms with van der Waals surface area (Å²) < 4.78 is 1.69. The van der Waals surface area contributed by atoms with Gasteiger partial charge < -0.3 is 27.1 Å². The van der Waals surface area contributed by atoms with Crippen molar-refractivity contribution < 1.29 is 19.3 Å². The van der Waals surface area contributed by atoms with Crippen LogP contribution < -0.4 is 26.9 Å². The van der Waals surface area contributed by atoms with Gasteiger partial charge in [-0.3, -0.25) is 9.69 Å². The fourth-order valence-electron chi connectivity index (χ4n) is 2.71. The zero-order valence-corrected chi connectivity index (χ0v) is 15.3. The standard InChI is InChI=1S/C14H18N6O3S2/c1-5-9(16)18-14(19(2)10(5)17)25-4-6-3-24-12-7(15)11(21)20(12)8(6)13(22)23/h7,12H,3-4,15H2,1-2H3,(H4,16,17,22,23). The number of nitrogens with two attached hydrogens (primary N) is 3. The first-order chi connectivity index (χ1) is 11.7. The van der Waals surface area contributed by atoms with E-state index < -0.39 is 17.9 Å². The normalized spacial score (nSPS) is 22.7. The Balaban J connectivity index is 1.87. The largest absolute Gasteiger partial charge is 0.543 e. The van der Waals surface area contributed by atoms with E-state index in [1.54, 1.807) is 18.5 Å². The molecule has 1 aromatic rings. The summed E-state index contributed by atoms with van der Waals surface area (Å²) in [4.78, 5) is 29.0. The molecule has 25 heavy (non-hydrogen) atoms. The number of anilines is 2. The van der Waals surface area contributed by atoms with Crippen molar-refractivity contribution in [1.29, 1.82) is 0 Å². The fraction of sp³-hybridized carbons (Fsp3) is 0.429. The van der Waals surface area contributed by atoms with E-state index in [0.29, 0.717) is 39.4 Å². The molecule has 3 heterocycles. The minimum absolute atomic E-state index is 0.0846. The zero-order chi connectivity index (χ0) is 18.5. The number of thioether (sulfide) groups is 2. The number of carboxylic acids is 1. The van der Waals surface area contributed by atoms with Crippen molar-refractivity contribution in [2.45, 2.75) is 23.5 Å². The Bertz CT molecular complexity index is 812. The summed E-state index contributed by atoms with van der Waals surface area (Å²) in [5, 5.41) is 11.8. The van der Waals surface area contributed by atoms with Gasteiger partial charge in [0.2, 0.25) is 17.5 Å². The highest BCUT2D eigenvalue weighted by Crippen LogP contribution is 2.40. The van der Waals surface area contributed by atoms with Crippen LogP contribution in [0.3, 0.4) is 0 Å². The minimum Gasteiger partial charge on any atom is -0.543 e. The Kier molecular flexibility index (Phi) is 4.56. The van der Waals surface area contributed by atoms with Crippen LogP contribution in [-0.2, 0) is 16.6 Å². The van der Waals surface area contributed by atoms with E-state index in [2.05, 4.69) is 4.98 Å². The zero-order valence-electron chi connectivity index (χ0n) is 13.7. The van der Waals surface area contributed by atoms with Gasteiger partial charge in [0.1, 0.15) is 11.4 Å². The number of nitrogen functional groups attached to an aromatic ring is 2. The van der Waals surface area contributed by atoms with E-state index >= 15 is 0 Å². The van der Waals surface area contributed by atoms with Crippen LogP contribution in [0.15, 0.2) is 16.4 Å². The number of aromatic nitrogens is 2. The lowest BCUT2D eigenvalue weighted by Crippen LogP contribution is -2.69. The molecule has 0 radical (unpaired) electrons. The molecule has 2 atom stereocenters. The molecule has 0 aromatic carbocycles. The van der Waals surface area contributed by atoms with Crippen molar-refractivity contribution in [1.82, 2.24) is 9.88 Å². The van der Waals surface area contributed by atoms with Crippen LogP contribution >= 0.6 is 23.5 Å². The number of aliphatic carboxylic acids is 1. The number of β-lactam (4-membered cyclic amide) rings is 1. The van der Waals surface area contributed by atoms with Gasteiger partial charge in [-0.05, 0) is 24.3 Å². The van der Waals surface area contributed by atoms with Crippen LogP contribution in [0.4, 0.5) is 11.6 Å². The number of carbonyl (C=O) groups is 2. The topological polar surface area (TPSA) is 155 Å². The number of fused-ring (bicyclic) bond motifs is 1. The van der Waals surface area contributed by atoms with Crippen LogP contribution in [0.25, 0.3) is 0 Å². The van der Waals surface area contributed by atoms with Gasteiger partial charge >= 0.3 is 5.16 Å². The van der Waals surface area contributed by atoms with Crippen molar-refractivity contribution in [2.75, 3.05) is 23.0 Å². The van der Waals surface area contributed by atoms with Crippen LogP contribution in [0.2, 0.25) is 0 Å². The molecular weight excluding hydrogens is 364 g/mol. The smallest absolute Gasteiger partial charge is 0.301 e. The Labute approximate surface area is 152 Å². The number of carbonyl (C=O) groups excluding carboxylic acids is 2. The summed E-state index contributed by atoms with van der Waals surface area (Å²) in [6.07, 6.45) is 0. The summed E-state index contributed by atoms with van der Waals surface area (Å²) in [7, 11) is 1.76. The molecule has 11 heteroatoms. The highest BCUT2D eigenvalue weighted by atomic mass is 32.2. The lowest BCUT2D eigenvalue weighted by atomic mass is 10.0. The van der Waals surface area contributed by atoms with Gasteiger partial charge in [0.05, 0.1) is 24.3 Å². The second-order valence-corrected chi connectivity index (χ2v) is 7.86. The van der Waals surface area contributed by atoms with E-state index in [1.165, 1.54) is 28.4 Å². The number of hydrogen-bond donors (Lipinski definition) is 3. The maximum Gasteiger partial charge on any atom is 0.301 e. The molecule has 2 unspecified atom stereocenters. The highest BCUT2D eigenvalue weighted by Gasteiger charge is 2.50. The SMILES string of the molecule is Cc1c(N)nc(SCC2=C(C(=O)[O-])N3C(=O)C(N)C3SC2)[n+](C)c1N. The van der Waals surface area contributed by atoms with Gasteiger partial charge in [-0.2, -0.15) is 0 Å². The maximum absolute atomic E-state index is 11.9. The van der Waals surface area contributed by atoms with Crippen LogP contribution in [-0.4, -0.2) is 44.7 Å². The molecule has 1 fully saturated rings. The summed E-state index contributed by atoms with van der Waals surface area (Å²) in [6, 6.07) is -0.662. The molecule has 0 spiro atoms. The predicted molar refractivity (Wildman–Crippen MR) is 92.8 cm³/mol. The van der Waals surface area contributed by atoms with E-state index in [0.717, 1.165) is 0 Å². The third kappa shape index (κ3) is 2.81. The molecule has 0 aliphatic carbocycles. The number of hydrogen-bond acceptors (Lipinski definition) is 9. The molecule has 1 aromatic heterocycles. The van der Waals surface area contributed by atoms with Crippen molar-refractivity contribution in [3.05, 3.63) is 16.8 Å². The van der Waals surface area contributed by atoms with Gasteiger partial charge in [0.25, 0.3) is 0 Å². The number of carboxylic acid groups (broad SMARTS) is 1. The monoisotopic (exact) mass is 382 g/mol. The van der Waals surface area contributed by atoms with E-state index in [-0.39, 0.29) is 11.1 Å². The summed E-state index contributed by atoms with van der Waals surface area (Å²) >= 11 is 2.74. The quantitative estimate of drug-likeness (QED) is 0.226. The molecule has 9 nitrogen and oxygen atoms in total. The minimum atomic E-state index is -1.37. The Morgan fingerprint density at radius 3 is 2.84 bits per heavy atom. The third-order valence-electron chi connectivity index (χ3n) is 4.29. The van der Waals surface area contributed by atoms with Gasteiger partial charge in [-0.15, -0.1) is 11.8 Å². The summed E-state index contributed by atoms with van der Waals surface area (Å²) in [5.74, 6) is -0.169. The van der Waals surface area contributed by atoms with E-state index in [1.807, 2.05) is 0 Å². The molecule has 1 saturated heterocycles. The molecule has 2 aliphatic heterocycles. The number of rotatable bonds is 4. The first-order valence-corrected chi connectivity index (χ1v) is 9.45. The first kappa shape index (κ1) is 17.8. The Morgan fingerprint density at radius 2 is 2.20 bits per heavy atom. The van der Waals surface area contributed by atoms with Gasteiger partial charge in [0, 0.05) is 11.5 Å². The van der Waals surface area contributed by atoms with E-state index in [9.17, 15) is 14.7 Å². The maximum atomic E-state index is 11.9. The van der Waals surface area contributed by atoms with Gasteiger partial charge in [0.15, 0.2) is 0 Å². The van der Waals surface area contributed by atoms with E-state index in [4.69, 9.17) is 17.2 Å².